The maximum absolute atomic E-state index is 10.0. The molecular weight excluding hydrogens is 240 g/mol. The first kappa shape index (κ1) is 15.2. The van der Waals surface area contributed by atoms with Crippen molar-refractivity contribution in [3.63, 3.8) is 0 Å². The second kappa shape index (κ2) is 6.88. The van der Waals surface area contributed by atoms with Gasteiger partial charge in [-0.2, -0.15) is 0 Å². The molecule has 0 bridgehead atoms. The summed E-state index contributed by atoms with van der Waals surface area (Å²) in [6, 6.07) is 9.75. The summed E-state index contributed by atoms with van der Waals surface area (Å²) in [6.07, 6.45) is 2.52. The van der Waals surface area contributed by atoms with Crippen molar-refractivity contribution in [2.75, 3.05) is 0 Å². The monoisotopic (exact) mass is 264 g/mol. The van der Waals surface area contributed by atoms with Gasteiger partial charge in [-0.1, -0.05) is 42.1 Å². The van der Waals surface area contributed by atoms with E-state index < -0.39 is 14.4 Å². The van der Waals surface area contributed by atoms with E-state index in [1.807, 2.05) is 36.4 Å². The van der Waals surface area contributed by atoms with Gasteiger partial charge in [-0.15, -0.1) is 0 Å². The zero-order valence-corrected chi connectivity index (χ0v) is 12.8. The van der Waals surface area contributed by atoms with Crippen molar-refractivity contribution in [3.05, 3.63) is 47.7 Å². The molecule has 3 heteroatoms. The molecule has 0 aliphatic carbocycles. The second-order valence-electron chi connectivity index (χ2n) is 5.33. The molecule has 0 aromatic heterocycles. The molecule has 1 aromatic carbocycles. The normalized spacial score (nSPS) is 14.3. The summed E-state index contributed by atoms with van der Waals surface area (Å²) in [5.41, 5.74) is 3.12. The summed E-state index contributed by atoms with van der Waals surface area (Å²) < 4.78 is 5.90. The molecule has 2 nitrogen and oxygen atoms in total. The van der Waals surface area contributed by atoms with E-state index in [0.717, 1.165) is 5.56 Å². The quantitative estimate of drug-likeness (QED) is 0.791. The molecule has 0 aliphatic heterocycles. The number of hydrogen-bond acceptors (Lipinski definition) is 2. The average Bonchev–Trinajstić information content (AvgIpc) is 2.28. The van der Waals surface area contributed by atoms with Crippen LogP contribution in [0.5, 0.6) is 0 Å². The highest BCUT2D eigenvalue weighted by molar-refractivity contribution is 6.76. The highest BCUT2D eigenvalue weighted by atomic mass is 28.4. The molecule has 1 rings (SSSR count). The molecular formula is C15H24O2Si. The molecule has 0 spiro atoms. The van der Waals surface area contributed by atoms with Crippen molar-refractivity contribution in [1.82, 2.24) is 0 Å². The van der Waals surface area contributed by atoms with Gasteiger partial charge in [-0.25, -0.2) is 0 Å². The van der Waals surface area contributed by atoms with E-state index in [2.05, 4.69) is 32.6 Å². The highest BCUT2D eigenvalue weighted by Gasteiger charge is 2.19. The smallest absolute Gasteiger partial charge is 0.211 e. The second-order valence-corrected chi connectivity index (χ2v) is 9.11. The van der Waals surface area contributed by atoms with Crippen LogP contribution in [0.3, 0.4) is 0 Å². The van der Waals surface area contributed by atoms with Crippen LogP contribution in [-0.4, -0.2) is 19.5 Å². The standard InChI is InChI=1S/C15H24O2Si/c1-13(2)17-18(3,4)12-8-11-15(16)14-9-6-5-7-10-14/h5-10,12-13,15-16H,11H2,1-4H3/b12-8+. The summed E-state index contributed by atoms with van der Waals surface area (Å²) in [6.45, 7) is 8.44. The molecule has 0 heterocycles. The maximum Gasteiger partial charge on any atom is 0.211 e. The molecule has 1 aromatic rings. The Balaban J connectivity index is 2.50. The van der Waals surface area contributed by atoms with E-state index in [1.165, 1.54) is 0 Å². The molecule has 0 saturated heterocycles. The molecule has 0 aliphatic rings. The van der Waals surface area contributed by atoms with Gasteiger partial charge in [0, 0.05) is 6.10 Å². The zero-order valence-electron chi connectivity index (χ0n) is 11.8. The van der Waals surface area contributed by atoms with Crippen LogP contribution in [0.25, 0.3) is 0 Å². The Bertz CT molecular complexity index is 371. The fourth-order valence-corrected chi connectivity index (χ4v) is 3.94. The fraction of sp³-hybridized carbons (Fsp3) is 0.467. The zero-order chi connectivity index (χ0) is 13.6. The SMILES string of the molecule is CC(C)O[Si](C)(C)/C=C/CC(O)c1ccccc1. The molecule has 18 heavy (non-hydrogen) atoms. The van der Waals surface area contributed by atoms with Gasteiger partial charge in [0.15, 0.2) is 0 Å². The van der Waals surface area contributed by atoms with Crippen LogP contribution in [0, 0.1) is 0 Å². The van der Waals surface area contributed by atoms with Crippen molar-refractivity contribution >= 4 is 8.32 Å². The van der Waals surface area contributed by atoms with E-state index in [-0.39, 0.29) is 6.10 Å². The minimum absolute atomic E-state index is 0.260. The van der Waals surface area contributed by atoms with Gasteiger partial charge < -0.3 is 9.53 Å². The molecule has 100 valence electrons. The predicted octanol–water partition coefficient (Wildman–Crippen LogP) is 3.84. The molecule has 1 N–H and O–H groups in total. The number of aliphatic hydroxyl groups is 1. The van der Waals surface area contributed by atoms with E-state index in [0.29, 0.717) is 6.42 Å². The van der Waals surface area contributed by atoms with Crippen LogP contribution in [0.4, 0.5) is 0 Å². The third-order valence-corrected chi connectivity index (χ3v) is 4.72. The van der Waals surface area contributed by atoms with Crippen molar-refractivity contribution in [2.24, 2.45) is 0 Å². The topological polar surface area (TPSA) is 29.5 Å². The first-order valence-electron chi connectivity index (χ1n) is 6.49. The van der Waals surface area contributed by atoms with Gasteiger partial charge in [-0.3, -0.25) is 0 Å². The maximum atomic E-state index is 10.0. The minimum Gasteiger partial charge on any atom is -0.411 e. The van der Waals surface area contributed by atoms with Crippen molar-refractivity contribution in [3.8, 4) is 0 Å². The summed E-state index contributed by atoms with van der Waals surface area (Å²) in [4.78, 5) is 0. The van der Waals surface area contributed by atoms with Crippen LogP contribution in [0.1, 0.15) is 31.9 Å². The van der Waals surface area contributed by atoms with Crippen LogP contribution in [0.2, 0.25) is 13.1 Å². The number of rotatable bonds is 6. The number of aliphatic hydroxyl groups excluding tert-OH is 1. The largest absolute Gasteiger partial charge is 0.411 e. The van der Waals surface area contributed by atoms with Crippen molar-refractivity contribution in [2.45, 2.75) is 45.6 Å². The fourth-order valence-electron chi connectivity index (χ4n) is 1.94. The lowest BCUT2D eigenvalue weighted by Crippen LogP contribution is -2.31. The molecule has 0 fully saturated rings. The van der Waals surface area contributed by atoms with Gasteiger partial charge in [0.05, 0.1) is 6.10 Å². The summed E-state index contributed by atoms with van der Waals surface area (Å²) >= 11 is 0. The average molecular weight is 264 g/mol. The van der Waals surface area contributed by atoms with E-state index in [4.69, 9.17) is 4.43 Å². The lowest BCUT2D eigenvalue weighted by Gasteiger charge is -2.22. The van der Waals surface area contributed by atoms with Gasteiger partial charge >= 0.3 is 0 Å². The Kier molecular flexibility index (Phi) is 5.79. The number of benzene rings is 1. The molecule has 0 saturated carbocycles. The van der Waals surface area contributed by atoms with Crippen LogP contribution in [0.15, 0.2) is 42.1 Å². The number of hydrogen-bond donors (Lipinski definition) is 1. The lowest BCUT2D eigenvalue weighted by atomic mass is 10.1. The van der Waals surface area contributed by atoms with Crippen LogP contribution >= 0.6 is 0 Å². The Morgan fingerprint density at radius 2 is 1.83 bits per heavy atom. The van der Waals surface area contributed by atoms with Gasteiger partial charge in [-0.05, 0) is 38.9 Å². The lowest BCUT2D eigenvalue weighted by molar-refractivity contribution is 0.181. The minimum atomic E-state index is -1.73. The Labute approximate surface area is 111 Å². The summed E-state index contributed by atoms with van der Waals surface area (Å²) in [7, 11) is -1.73. The Hall–Kier alpha value is -0.903. The molecule has 0 amide bonds. The summed E-state index contributed by atoms with van der Waals surface area (Å²) in [5.74, 6) is 0. The molecule has 1 unspecified atom stereocenters. The summed E-state index contributed by atoms with van der Waals surface area (Å²) in [5, 5.41) is 10.0. The third-order valence-electron chi connectivity index (χ3n) is 2.60. The Morgan fingerprint density at radius 3 is 2.39 bits per heavy atom. The predicted molar refractivity (Wildman–Crippen MR) is 78.9 cm³/mol. The first-order chi connectivity index (χ1) is 8.41. The van der Waals surface area contributed by atoms with Crippen molar-refractivity contribution in [1.29, 1.82) is 0 Å². The highest BCUT2D eigenvalue weighted by Crippen LogP contribution is 2.17. The van der Waals surface area contributed by atoms with E-state index >= 15 is 0 Å². The van der Waals surface area contributed by atoms with Gasteiger partial charge in [0.25, 0.3) is 0 Å². The van der Waals surface area contributed by atoms with Gasteiger partial charge in [0.1, 0.15) is 0 Å². The molecule has 1 atom stereocenters. The Morgan fingerprint density at radius 1 is 1.22 bits per heavy atom. The van der Waals surface area contributed by atoms with E-state index in [1.54, 1.807) is 0 Å². The van der Waals surface area contributed by atoms with Crippen LogP contribution < -0.4 is 0 Å². The van der Waals surface area contributed by atoms with Crippen LogP contribution in [-0.2, 0) is 4.43 Å². The van der Waals surface area contributed by atoms with Gasteiger partial charge in [0.2, 0.25) is 8.32 Å². The van der Waals surface area contributed by atoms with E-state index in [9.17, 15) is 5.11 Å². The molecule has 0 radical (unpaired) electrons. The third kappa shape index (κ3) is 5.62. The van der Waals surface area contributed by atoms with Crippen molar-refractivity contribution < 1.29 is 9.53 Å². The first-order valence-corrected chi connectivity index (χ1v) is 9.48.